The summed E-state index contributed by atoms with van der Waals surface area (Å²) in [5.41, 5.74) is 1.36. The van der Waals surface area contributed by atoms with Gasteiger partial charge in [-0.15, -0.1) is 0 Å². The highest BCUT2D eigenvalue weighted by molar-refractivity contribution is 5.85. The lowest BCUT2D eigenvalue weighted by atomic mass is 10.1. The fourth-order valence-corrected chi connectivity index (χ4v) is 1.95. The number of methoxy groups -OCH3 is 1. The third-order valence-electron chi connectivity index (χ3n) is 3.06. The zero-order valence-corrected chi connectivity index (χ0v) is 11.0. The standard InChI is InChI=1S/C14H16N2O3/c1-10-15-9-13(14(17)18)16(10)8-7-11-3-5-12(19-2)6-4-11/h3-6,9H,7-8H2,1-2H3,(H,17,18). The molecule has 100 valence electrons. The van der Waals surface area contributed by atoms with E-state index in [1.807, 2.05) is 24.3 Å². The average Bonchev–Trinajstić information content (AvgIpc) is 2.78. The summed E-state index contributed by atoms with van der Waals surface area (Å²) in [5, 5.41) is 9.07. The van der Waals surface area contributed by atoms with E-state index in [0.717, 1.165) is 17.7 Å². The fraction of sp³-hybridized carbons (Fsp3) is 0.286. The Morgan fingerprint density at radius 1 is 1.37 bits per heavy atom. The van der Waals surface area contributed by atoms with Crippen molar-refractivity contribution >= 4 is 5.97 Å². The van der Waals surface area contributed by atoms with Gasteiger partial charge in [0.2, 0.25) is 0 Å². The number of nitrogens with zero attached hydrogens (tertiary/aromatic N) is 2. The summed E-state index contributed by atoms with van der Waals surface area (Å²) < 4.78 is 6.81. The van der Waals surface area contributed by atoms with Crippen molar-refractivity contribution in [2.45, 2.75) is 19.9 Å². The third kappa shape index (κ3) is 2.93. The van der Waals surface area contributed by atoms with Crippen molar-refractivity contribution in [3.63, 3.8) is 0 Å². The Labute approximate surface area is 111 Å². The largest absolute Gasteiger partial charge is 0.497 e. The number of carbonyl (C=O) groups is 1. The van der Waals surface area contributed by atoms with Gasteiger partial charge in [-0.2, -0.15) is 0 Å². The number of imidazole rings is 1. The Morgan fingerprint density at radius 3 is 2.63 bits per heavy atom. The molecule has 1 aromatic heterocycles. The second-order valence-corrected chi connectivity index (χ2v) is 4.25. The van der Waals surface area contributed by atoms with Crippen molar-refractivity contribution in [1.29, 1.82) is 0 Å². The molecule has 0 radical (unpaired) electrons. The molecule has 1 N–H and O–H groups in total. The summed E-state index contributed by atoms with van der Waals surface area (Å²) in [6.45, 7) is 2.40. The Bertz CT molecular complexity index is 573. The first kappa shape index (κ1) is 13.1. The number of hydrogen-bond donors (Lipinski definition) is 1. The highest BCUT2D eigenvalue weighted by Crippen LogP contribution is 2.13. The molecule has 0 atom stereocenters. The molecule has 0 fully saturated rings. The normalized spacial score (nSPS) is 10.4. The van der Waals surface area contributed by atoms with Gasteiger partial charge in [0.15, 0.2) is 0 Å². The SMILES string of the molecule is COc1ccc(CCn2c(C(=O)O)cnc2C)cc1. The number of hydrogen-bond acceptors (Lipinski definition) is 3. The summed E-state index contributed by atoms with van der Waals surface area (Å²) in [5.74, 6) is 0.579. The van der Waals surface area contributed by atoms with E-state index in [1.54, 1.807) is 18.6 Å². The minimum absolute atomic E-state index is 0.228. The molecule has 1 aromatic carbocycles. The average molecular weight is 260 g/mol. The van der Waals surface area contributed by atoms with Crippen molar-refractivity contribution in [2.75, 3.05) is 7.11 Å². The van der Waals surface area contributed by atoms with Gasteiger partial charge in [-0.3, -0.25) is 0 Å². The van der Waals surface area contributed by atoms with Gasteiger partial charge in [0.25, 0.3) is 0 Å². The smallest absolute Gasteiger partial charge is 0.354 e. The monoisotopic (exact) mass is 260 g/mol. The number of aryl methyl sites for hydroxylation is 2. The number of ether oxygens (including phenoxy) is 1. The van der Waals surface area contributed by atoms with E-state index in [-0.39, 0.29) is 5.69 Å². The lowest BCUT2D eigenvalue weighted by Gasteiger charge is -2.08. The second-order valence-electron chi connectivity index (χ2n) is 4.25. The van der Waals surface area contributed by atoms with E-state index in [1.165, 1.54) is 6.20 Å². The minimum atomic E-state index is -0.949. The number of rotatable bonds is 5. The highest BCUT2D eigenvalue weighted by Gasteiger charge is 2.12. The van der Waals surface area contributed by atoms with Crippen LogP contribution in [0.25, 0.3) is 0 Å². The molecule has 0 saturated carbocycles. The van der Waals surface area contributed by atoms with Crippen LogP contribution in [-0.4, -0.2) is 27.7 Å². The van der Waals surface area contributed by atoms with Crippen molar-refractivity contribution < 1.29 is 14.6 Å². The number of benzene rings is 1. The van der Waals surface area contributed by atoms with Crippen LogP contribution in [0.1, 0.15) is 21.9 Å². The summed E-state index contributed by atoms with van der Waals surface area (Å²) >= 11 is 0. The Morgan fingerprint density at radius 2 is 2.05 bits per heavy atom. The van der Waals surface area contributed by atoms with Crippen molar-refractivity contribution in [3.05, 3.63) is 47.5 Å². The van der Waals surface area contributed by atoms with Crippen LogP contribution >= 0.6 is 0 Å². The molecule has 1 heterocycles. The maximum Gasteiger partial charge on any atom is 0.354 e. The van der Waals surface area contributed by atoms with Gasteiger partial charge in [0.05, 0.1) is 13.3 Å². The quantitative estimate of drug-likeness (QED) is 0.894. The van der Waals surface area contributed by atoms with Crippen LogP contribution in [0, 0.1) is 6.92 Å². The van der Waals surface area contributed by atoms with E-state index in [9.17, 15) is 4.79 Å². The van der Waals surface area contributed by atoms with Gasteiger partial charge < -0.3 is 14.4 Å². The van der Waals surface area contributed by atoms with Crippen molar-refractivity contribution in [3.8, 4) is 5.75 Å². The predicted octanol–water partition coefficient (Wildman–Crippen LogP) is 2.14. The fourth-order valence-electron chi connectivity index (χ4n) is 1.95. The van der Waals surface area contributed by atoms with Crippen LogP contribution in [0.3, 0.4) is 0 Å². The summed E-state index contributed by atoms with van der Waals surface area (Å²) in [7, 11) is 1.63. The minimum Gasteiger partial charge on any atom is -0.497 e. The molecule has 0 unspecified atom stereocenters. The summed E-state index contributed by atoms with van der Waals surface area (Å²) in [6.07, 6.45) is 2.15. The van der Waals surface area contributed by atoms with Gasteiger partial charge >= 0.3 is 5.97 Å². The van der Waals surface area contributed by atoms with Gasteiger partial charge in [-0.05, 0) is 31.0 Å². The maximum atomic E-state index is 11.1. The van der Waals surface area contributed by atoms with E-state index >= 15 is 0 Å². The maximum absolute atomic E-state index is 11.1. The van der Waals surface area contributed by atoms with E-state index in [2.05, 4.69) is 4.98 Å². The molecule has 0 aliphatic rings. The highest BCUT2D eigenvalue weighted by atomic mass is 16.5. The summed E-state index contributed by atoms with van der Waals surface area (Å²) in [4.78, 5) is 15.1. The molecule has 0 spiro atoms. The lowest BCUT2D eigenvalue weighted by molar-refractivity contribution is 0.0684. The van der Waals surface area contributed by atoms with Crippen LogP contribution in [-0.2, 0) is 13.0 Å². The zero-order chi connectivity index (χ0) is 13.8. The van der Waals surface area contributed by atoms with Crippen molar-refractivity contribution in [2.24, 2.45) is 0 Å². The number of carboxylic acids is 1. The predicted molar refractivity (Wildman–Crippen MR) is 70.6 cm³/mol. The second kappa shape index (κ2) is 5.56. The lowest BCUT2D eigenvalue weighted by Crippen LogP contribution is -2.11. The molecule has 5 heteroatoms. The van der Waals surface area contributed by atoms with E-state index < -0.39 is 5.97 Å². The third-order valence-corrected chi connectivity index (χ3v) is 3.06. The Hall–Kier alpha value is -2.30. The van der Waals surface area contributed by atoms with Gasteiger partial charge in [0, 0.05) is 6.54 Å². The topological polar surface area (TPSA) is 64.3 Å². The van der Waals surface area contributed by atoms with Crippen LogP contribution in [0.15, 0.2) is 30.5 Å². The first-order chi connectivity index (χ1) is 9.11. The van der Waals surface area contributed by atoms with E-state index in [4.69, 9.17) is 9.84 Å². The Kier molecular flexibility index (Phi) is 3.85. The van der Waals surface area contributed by atoms with Crippen LogP contribution < -0.4 is 4.74 Å². The number of aromatic nitrogens is 2. The molecular formula is C14H16N2O3. The molecule has 0 aliphatic carbocycles. The van der Waals surface area contributed by atoms with Gasteiger partial charge in [-0.1, -0.05) is 12.1 Å². The first-order valence-corrected chi connectivity index (χ1v) is 6.00. The molecule has 0 saturated heterocycles. The van der Waals surface area contributed by atoms with E-state index in [0.29, 0.717) is 12.4 Å². The molecule has 0 bridgehead atoms. The van der Waals surface area contributed by atoms with Crippen molar-refractivity contribution in [1.82, 2.24) is 9.55 Å². The summed E-state index contributed by atoms with van der Waals surface area (Å²) in [6, 6.07) is 7.75. The molecule has 0 aliphatic heterocycles. The molecule has 19 heavy (non-hydrogen) atoms. The molecule has 5 nitrogen and oxygen atoms in total. The first-order valence-electron chi connectivity index (χ1n) is 6.00. The number of aromatic carboxylic acids is 1. The van der Waals surface area contributed by atoms with Gasteiger partial charge in [0.1, 0.15) is 17.3 Å². The zero-order valence-electron chi connectivity index (χ0n) is 11.0. The van der Waals surface area contributed by atoms with Gasteiger partial charge in [-0.25, -0.2) is 9.78 Å². The Balaban J connectivity index is 2.09. The number of carboxylic acid groups (broad SMARTS) is 1. The molecular weight excluding hydrogens is 244 g/mol. The van der Waals surface area contributed by atoms with Crippen LogP contribution in [0.5, 0.6) is 5.75 Å². The van der Waals surface area contributed by atoms with Crippen LogP contribution in [0.4, 0.5) is 0 Å². The van der Waals surface area contributed by atoms with Crippen LogP contribution in [0.2, 0.25) is 0 Å². The molecule has 0 amide bonds. The molecule has 2 rings (SSSR count). The molecule has 2 aromatic rings.